The second-order valence-corrected chi connectivity index (χ2v) is 4.95. The third-order valence-corrected chi connectivity index (χ3v) is 3.31. The lowest BCUT2D eigenvalue weighted by Gasteiger charge is -2.08. The second-order valence-electron chi connectivity index (χ2n) is 4.95. The Balaban J connectivity index is 2.08. The standard InChI is InChI=1S/C17H15FN2O/c1-11-3-4-13(7-12(11)2)9-17(21)20-16-6-5-14(10-19)8-15(16)18/h3-8H,9H2,1-2H3,(H,20,21). The minimum absolute atomic E-state index is 0.0860. The van der Waals surface area contributed by atoms with Crippen molar-refractivity contribution in [1.29, 1.82) is 5.26 Å². The van der Waals surface area contributed by atoms with Gasteiger partial charge >= 0.3 is 0 Å². The van der Waals surface area contributed by atoms with Gasteiger partial charge in [-0.3, -0.25) is 4.79 Å². The Kier molecular flexibility index (Phi) is 4.34. The molecule has 0 aromatic heterocycles. The van der Waals surface area contributed by atoms with Crippen LogP contribution < -0.4 is 5.32 Å². The van der Waals surface area contributed by atoms with E-state index < -0.39 is 5.82 Å². The Morgan fingerprint density at radius 1 is 1.19 bits per heavy atom. The number of carbonyl (C=O) groups excluding carboxylic acids is 1. The largest absolute Gasteiger partial charge is 0.323 e. The van der Waals surface area contributed by atoms with Gasteiger partial charge in [-0.1, -0.05) is 18.2 Å². The number of nitrogens with one attached hydrogen (secondary N) is 1. The van der Waals surface area contributed by atoms with Crippen LogP contribution in [0.3, 0.4) is 0 Å². The first-order valence-corrected chi connectivity index (χ1v) is 6.55. The van der Waals surface area contributed by atoms with Gasteiger partial charge in [-0.25, -0.2) is 4.39 Å². The van der Waals surface area contributed by atoms with Crippen LogP contribution in [0, 0.1) is 31.0 Å². The van der Waals surface area contributed by atoms with Crippen LogP contribution in [0.4, 0.5) is 10.1 Å². The van der Waals surface area contributed by atoms with E-state index in [4.69, 9.17) is 5.26 Å². The van der Waals surface area contributed by atoms with Crippen LogP contribution in [0.5, 0.6) is 0 Å². The molecule has 1 amide bonds. The molecule has 0 heterocycles. The predicted molar refractivity (Wildman–Crippen MR) is 79.4 cm³/mol. The fourth-order valence-electron chi connectivity index (χ4n) is 1.98. The minimum atomic E-state index is -0.609. The van der Waals surface area contributed by atoms with Crippen LogP contribution in [0.2, 0.25) is 0 Å². The molecule has 0 radical (unpaired) electrons. The highest BCUT2D eigenvalue weighted by Crippen LogP contribution is 2.16. The molecule has 2 aromatic carbocycles. The van der Waals surface area contributed by atoms with Crippen molar-refractivity contribution in [3.63, 3.8) is 0 Å². The maximum atomic E-state index is 13.7. The van der Waals surface area contributed by atoms with E-state index in [0.717, 1.165) is 22.8 Å². The Bertz CT molecular complexity index is 732. The van der Waals surface area contributed by atoms with Crippen molar-refractivity contribution in [3.8, 4) is 6.07 Å². The van der Waals surface area contributed by atoms with Crippen molar-refractivity contribution < 1.29 is 9.18 Å². The summed E-state index contributed by atoms with van der Waals surface area (Å²) < 4.78 is 13.7. The lowest BCUT2D eigenvalue weighted by molar-refractivity contribution is -0.115. The van der Waals surface area contributed by atoms with Crippen LogP contribution in [-0.2, 0) is 11.2 Å². The number of aryl methyl sites for hydroxylation is 2. The molecule has 0 saturated carbocycles. The summed E-state index contributed by atoms with van der Waals surface area (Å²) in [5.74, 6) is -0.899. The van der Waals surface area contributed by atoms with Crippen LogP contribution in [0.1, 0.15) is 22.3 Å². The summed E-state index contributed by atoms with van der Waals surface area (Å²) in [5, 5.41) is 11.2. The molecule has 0 spiro atoms. The zero-order valence-electron chi connectivity index (χ0n) is 11.9. The molecular formula is C17H15FN2O. The maximum absolute atomic E-state index is 13.7. The maximum Gasteiger partial charge on any atom is 0.228 e. The first-order valence-electron chi connectivity index (χ1n) is 6.55. The number of anilines is 1. The molecule has 3 nitrogen and oxygen atoms in total. The molecule has 0 atom stereocenters. The average Bonchev–Trinajstić information content (AvgIpc) is 2.45. The smallest absolute Gasteiger partial charge is 0.228 e. The summed E-state index contributed by atoms with van der Waals surface area (Å²) in [7, 11) is 0. The van der Waals surface area contributed by atoms with Gasteiger partial charge in [0.05, 0.1) is 23.7 Å². The molecule has 0 aliphatic rings. The number of nitrogens with zero attached hydrogens (tertiary/aromatic N) is 1. The summed E-state index contributed by atoms with van der Waals surface area (Å²) in [6.07, 6.45) is 0.181. The topological polar surface area (TPSA) is 52.9 Å². The van der Waals surface area contributed by atoms with Crippen LogP contribution in [-0.4, -0.2) is 5.91 Å². The van der Waals surface area contributed by atoms with E-state index in [0.29, 0.717) is 0 Å². The summed E-state index contributed by atoms with van der Waals surface area (Å²) >= 11 is 0. The summed E-state index contributed by atoms with van der Waals surface area (Å²) in [4.78, 5) is 11.9. The molecule has 0 saturated heterocycles. The van der Waals surface area contributed by atoms with Gasteiger partial charge in [-0.15, -0.1) is 0 Å². The molecule has 2 aromatic rings. The number of carbonyl (C=O) groups is 1. The van der Waals surface area contributed by atoms with E-state index in [2.05, 4.69) is 5.32 Å². The Morgan fingerprint density at radius 3 is 2.57 bits per heavy atom. The van der Waals surface area contributed by atoms with Crippen molar-refractivity contribution in [1.82, 2.24) is 0 Å². The Hall–Kier alpha value is -2.67. The summed E-state index contributed by atoms with van der Waals surface area (Å²) in [6, 6.07) is 11.6. The quantitative estimate of drug-likeness (QED) is 0.936. The van der Waals surface area contributed by atoms with Gasteiger partial charge in [0.25, 0.3) is 0 Å². The molecule has 0 aliphatic carbocycles. The zero-order valence-corrected chi connectivity index (χ0v) is 11.9. The van der Waals surface area contributed by atoms with E-state index in [1.165, 1.54) is 12.1 Å². The highest BCUT2D eigenvalue weighted by Gasteiger charge is 2.09. The molecule has 2 rings (SSSR count). The number of nitriles is 1. The molecule has 1 N–H and O–H groups in total. The van der Waals surface area contributed by atoms with Gasteiger partial charge in [-0.05, 0) is 48.7 Å². The monoisotopic (exact) mass is 282 g/mol. The first kappa shape index (κ1) is 14.7. The molecule has 0 unspecified atom stereocenters. The Morgan fingerprint density at radius 2 is 1.95 bits per heavy atom. The van der Waals surface area contributed by atoms with Gasteiger partial charge in [-0.2, -0.15) is 5.26 Å². The van der Waals surface area contributed by atoms with Crippen LogP contribution >= 0.6 is 0 Å². The lowest BCUT2D eigenvalue weighted by atomic mass is 10.0. The van der Waals surface area contributed by atoms with Gasteiger partial charge in [0.1, 0.15) is 5.82 Å². The fourth-order valence-corrected chi connectivity index (χ4v) is 1.98. The third-order valence-electron chi connectivity index (χ3n) is 3.31. The molecule has 106 valence electrons. The molecule has 0 bridgehead atoms. The van der Waals surface area contributed by atoms with E-state index >= 15 is 0 Å². The van der Waals surface area contributed by atoms with Gasteiger partial charge in [0, 0.05) is 0 Å². The average molecular weight is 282 g/mol. The molecule has 0 aliphatic heterocycles. The van der Waals surface area contributed by atoms with E-state index in [1.807, 2.05) is 38.1 Å². The number of hydrogen-bond acceptors (Lipinski definition) is 2. The number of amides is 1. The van der Waals surface area contributed by atoms with Crippen molar-refractivity contribution >= 4 is 11.6 Å². The highest BCUT2D eigenvalue weighted by molar-refractivity contribution is 5.92. The van der Waals surface area contributed by atoms with Crippen molar-refractivity contribution in [2.24, 2.45) is 0 Å². The van der Waals surface area contributed by atoms with Crippen LogP contribution in [0.25, 0.3) is 0 Å². The predicted octanol–water partition coefficient (Wildman–Crippen LogP) is 3.50. The van der Waals surface area contributed by atoms with E-state index in [1.54, 1.807) is 0 Å². The molecule has 21 heavy (non-hydrogen) atoms. The summed E-state index contributed by atoms with van der Waals surface area (Å²) in [5.41, 5.74) is 3.47. The Labute approximate surface area is 123 Å². The minimum Gasteiger partial charge on any atom is -0.323 e. The SMILES string of the molecule is Cc1ccc(CC(=O)Nc2ccc(C#N)cc2F)cc1C. The van der Waals surface area contributed by atoms with Gasteiger partial charge < -0.3 is 5.32 Å². The molecular weight excluding hydrogens is 267 g/mol. The van der Waals surface area contributed by atoms with Crippen molar-refractivity contribution in [3.05, 3.63) is 64.5 Å². The van der Waals surface area contributed by atoms with Crippen LogP contribution in [0.15, 0.2) is 36.4 Å². The number of halogens is 1. The van der Waals surface area contributed by atoms with E-state index in [9.17, 15) is 9.18 Å². The van der Waals surface area contributed by atoms with Crippen molar-refractivity contribution in [2.75, 3.05) is 5.32 Å². The highest BCUT2D eigenvalue weighted by atomic mass is 19.1. The number of hydrogen-bond donors (Lipinski definition) is 1. The summed E-state index contributed by atoms with van der Waals surface area (Å²) in [6.45, 7) is 3.99. The third kappa shape index (κ3) is 3.67. The lowest BCUT2D eigenvalue weighted by Crippen LogP contribution is -2.15. The second kappa shape index (κ2) is 6.19. The molecule has 0 fully saturated rings. The molecule has 4 heteroatoms. The van der Waals surface area contributed by atoms with Gasteiger partial charge in [0.15, 0.2) is 0 Å². The van der Waals surface area contributed by atoms with Crippen molar-refractivity contribution in [2.45, 2.75) is 20.3 Å². The number of benzene rings is 2. The van der Waals surface area contributed by atoms with E-state index in [-0.39, 0.29) is 23.6 Å². The first-order chi connectivity index (χ1) is 9.99. The normalized spacial score (nSPS) is 10.0. The van der Waals surface area contributed by atoms with Gasteiger partial charge in [0.2, 0.25) is 5.91 Å². The zero-order chi connectivity index (χ0) is 15.4. The fraction of sp³-hybridized carbons (Fsp3) is 0.176. The number of rotatable bonds is 3.